The lowest BCUT2D eigenvalue weighted by Crippen LogP contribution is -2.28. The van der Waals surface area contributed by atoms with Crippen LogP contribution in [0.25, 0.3) is 0 Å². The van der Waals surface area contributed by atoms with E-state index in [0.29, 0.717) is 12.8 Å². The Kier molecular flexibility index (Phi) is 68.0. The number of unbranched alkanes of at least 4 members (excludes halogenated alkanes) is 23. The van der Waals surface area contributed by atoms with Gasteiger partial charge in [0.2, 0.25) is 0 Å². The molecule has 0 heterocycles. The fourth-order valence-electron chi connectivity index (χ4n) is 9.14. The molecule has 0 rings (SSSR count). The van der Waals surface area contributed by atoms with Crippen molar-refractivity contribution >= 4 is 11.9 Å². The second kappa shape index (κ2) is 72.3. The number of carbonyl (C=O) groups is 2. The number of hydrogen-bond acceptors (Lipinski definition) is 5. The standard InChI is InChI=1S/C79H126O5/c1-3-5-7-9-11-13-15-17-19-21-23-25-27-29-31-33-34-35-36-37-38-39-40-41-42-43-44-46-48-50-52-54-56-58-60-62-64-66-68-70-72-74-79(82)84-77(75-80)76-83-78(81)73-71-69-67-65-63-61-59-57-55-53-51-49-47-45-32-30-28-26-24-22-20-18-16-14-12-10-8-6-4-2/h5-8,11-14,17-20,23-26,29-32,34-35,37-38,40-41,43-44,47,49,77,80H,3-4,9-10,15-16,21-22,27-28,33,36,39,42,45-46,48,50-76H2,1-2H3/b7-5-,8-6-,13-11-,14-12-,19-17-,20-18-,25-23-,26-24-,31-29-,32-30-,35-34-,38-37-,41-40-,44-43-,49-47-. The number of aliphatic hydroxyl groups is 1. The molecule has 0 aliphatic carbocycles. The van der Waals surface area contributed by atoms with Gasteiger partial charge < -0.3 is 14.6 Å². The van der Waals surface area contributed by atoms with E-state index in [1.54, 1.807) is 0 Å². The summed E-state index contributed by atoms with van der Waals surface area (Å²) in [6.07, 6.45) is 113. The zero-order chi connectivity index (χ0) is 60.5. The third-order valence-corrected chi connectivity index (χ3v) is 14.2. The fourth-order valence-corrected chi connectivity index (χ4v) is 9.14. The Hall–Kier alpha value is -5.00. The van der Waals surface area contributed by atoms with Gasteiger partial charge in [0.05, 0.1) is 6.61 Å². The van der Waals surface area contributed by atoms with Gasteiger partial charge in [-0.25, -0.2) is 0 Å². The van der Waals surface area contributed by atoms with Gasteiger partial charge in [-0.05, 0) is 135 Å². The van der Waals surface area contributed by atoms with Crippen molar-refractivity contribution in [2.45, 2.75) is 290 Å². The number of rotatable bonds is 61. The minimum atomic E-state index is -0.788. The molecule has 5 nitrogen and oxygen atoms in total. The van der Waals surface area contributed by atoms with E-state index in [0.717, 1.165) is 135 Å². The number of carbonyl (C=O) groups excluding carboxylic acids is 2. The zero-order valence-electron chi connectivity index (χ0n) is 54.1. The predicted octanol–water partition coefficient (Wildman–Crippen LogP) is 24.2. The highest BCUT2D eigenvalue weighted by Gasteiger charge is 2.16. The molecule has 0 bridgehead atoms. The second-order valence-corrected chi connectivity index (χ2v) is 22.1. The largest absolute Gasteiger partial charge is 0.462 e. The Morgan fingerprint density at radius 3 is 0.714 bits per heavy atom. The highest BCUT2D eigenvalue weighted by molar-refractivity contribution is 5.70. The molecule has 84 heavy (non-hydrogen) atoms. The van der Waals surface area contributed by atoms with Crippen molar-refractivity contribution in [1.82, 2.24) is 0 Å². The van der Waals surface area contributed by atoms with Crippen molar-refractivity contribution in [2.75, 3.05) is 13.2 Å². The lowest BCUT2D eigenvalue weighted by Gasteiger charge is -2.15. The van der Waals surface area contributed by atoms with Crippen LogP contribution in [0.5, 0.6) is 0 Å². The first-order valence-corrected chi connectivity index (χ1v) is 34.3. The van der Waals surface area contributed by atoms with Crippen LogP contribution >= 0.6 is 0 Å². The van der Waals surface area contributed by atoms with Gasteiger partial charge in [0.25, 0.3) is 0 Å². The molecular weight excluding hydrogens is 1030 g/mol. The van der Waals surface area contributed by atoms with E-state index in [1.807, 2.05) is 0 Å². The highest BCUT2D eigenvalue weighted by atomic mass is 16.6. The summed E-state index contributed by atoms with van der Waals surface area (Å²) in [4.78, 5) is 24.7. The maximum atomic E-state index is 12.4. The average Bonchev–Trinajstić information content (AvgIpc) is 3.51. The molecule has 0 fully saturated rings. The molecular formula is C79H126O5. The van der Waals surface area contributed by atoms with Gasteiger partial charge in [0, 0.05) is 12.8 Å². The molecule has 1 atom stereocenters. The molecule has 0 radical (unpaired) electrons. The van der Waals surface area contributed by atoms with E-state index in [2.05, 4.69) is 196 Å². The molecule has 0 spiro atoms. The molecule has 1 unspecified atom stereocenters. The third kappa shape index (κ3) is 69.5. The molecule has 0 aromatic carbocycles. The molecule has 0 aromatic rings. The average molecular weight is 1160 g/mol. The van der Waals surface area contributed by atoms with Gasteiger partial charge in [0.1, 0.15) is 6.61 Å². The van der Waals surface area contributed by atoms with Crippen LogP contribution in [0.1, 0.15) is 284 Å². The van der Waals surface area contributed by atoms with Crippen LogP contribution in [0.4, 0.5) is 0 Å². The number of allylic oxidation sites excluding steroid dienone is 30. The summed E-state index contributed by atoms with van der Waals surface area (Å²) in [5.41, 5.74) is 0. The van der Waals surface area contributed by atoms with Crippen LogP contribution in [0.15, 0.2) is 182 Å². The number of aliphatic hydroxyl groups excluding tert-OH is 1. The van der Waals surface area contributed by atoms with Crippen LogP contribution < -0.4 is 0 Å². The first-order valence-electron chi connectivity index (χ1n) is 34.3. The van der Waals surface area contributed by atoms with E-state index in [9.17, 15) is 14.7 Å². The van der Waals surface area contributed by atoms with Gasteiger partial charge in [-0.1, -0.05) is 318 Å². The highest BCUT2D eigenvalue weighted by Crippen LogP contribution is 2.16. The second-order valence-electron chi connectivity index (χ2n) is 22.1. The predicted molar refractivity (Wildman–Crippen MR) is 370 cm³/mol. The third-order valence-electron chi connectivity index (χ3n) is 14.2. The van der Waals surface area contributed by atoms with E-state index in [1.165, 1.54) is 122 Å². The summed E-state index contributed by atoms with van der Waals surface area (Å²) in [5, 5.41) is 9.70. The molecule has 0 aromatic heterocycles. The smallest absolute Gasteiger partial charge is 0.306 e. The van der Waals surface area contributed by atoms with Crippen LogP contribution in [0.3, 0.4) is 0 Å². The quantitative estimate of drug-likeness (QED) is 0.0373. The summed E-state index contributed by atoms with van der Waals surface area (Å²) in [6, 6.07) is 0. The summed E-state index contributed by atoms with van der Waals surface area (Å²) >= 11 is 0. The van der Waals surface area contributed by atoms with E-state index >= 15 is 0 Å². The summed E-state index contributed by atoms with van der Waals surface area (Å²) in [6.45, 7) is 3.91. The lowest BCUT2D eigenvalue weighted by molar-refractivity contribution is -0.161. The van der Waals surface area contributed by atoms with Gasteiger partial charge >= 0.3 is 11.9 Å². The topological polar surface area (TPSA) is 72.8 Å². The Labute approximate surface area is 518 Å². The Morgan fingerprint density at radius 1 is 0.274 bits per heavy atom. The molecule has 1 N–H and O–H groups in total. The van der Waals surface area contributed by atoms with Gasteiger partial charge in [-0.2, -0.15) is 0 Å². The van der Waals surface area contributed by atoms with Crippen LogP contribution in [0, 0.1) is 0 Å². The monoisotopic (exact) mass is 1150 g/mol. The number of ether oxygens (including phenoxy) is 2. The maximum absolute atomic E-state index is 12.4. The minimum Gasteiger partial charge on any atom is -0.462 e. The first kappa shape index (κ1) is 79.0. The number of hydrogen-bond donors (Lipinski definition) is 1. The van der Waals surface area contributed by atoms with Gasteiger partial charge in [-0.3, -0.25) is 9.59 Å². The van der Waals surface area contributed by atoms with Crippen molar-refractivity contribution in [1.29, 1.82) is 0 Å². The van der Waals surface area contributed by atoms with E-state index < -0.39 is 6.10 Å². The molecule has 0 saturated heterocycles. The van der Waals surface area contributed by atoms with Crippen LogP contribution in [-0.4, -0.2) is 36.4 Å². The van der Waals surface area contributed by atoms with Gasteiger partial charge in [0.15, 0.2) is 6.10 Å². The van der Waals surface area contributed by atoms with Crippen molar-refractivity contribution < 1.29 is 24.2 Å². The van der Waals surface area contributed by atoms with Crippen molar-refractivity contribution in [2.24, 2.45) is 0 Å². The van der Waals surface area contributed by atoms with Crippen LogP contribution in [-0.2, 0) is 19.1 Å². The first-order chi connectivity index (χ1) is 41.6. The van der Waals surface area contributed by atoms with Gasteiger partial charge in [-0.15, -0.1) is 0 Å². The molecule has 0 saturated carbocycles. The SMILES string of the molecule is CC/C=C\C/C=C\C/C=C\C/C=C\C/C=C\C/C=C\C/C=C\C/C=C\C/C=C\CCCCCCCCCCCCCCCC(=O)OC(CO)COC(=O)CCCCCCCCCCCC/C=C\C/C=C\C/C=C\C/C=C\C/C=C\C/C=C\CC. The molecule has 0 aliphatic rings. The Morgan fingerprint density at radius 2 is 0.476 bits per heavy atom. The van der Waals surface area contributed by atoms with E-state index in [-0.39, 0.29) is 25.2 Å². The Balaban J connectivity index is 3.55. The van der Waals surface area contributed by atoms with Crippen molar-refractivity contribution in [3.05, 3.63) is 182 Å². The van der Waals surface area contributed by atoms with E-state index in [4.69, 9.17) is 9.47 Å². The minimum absolute atomic E-state index is 0.0775. The maximum Gasteiger partial charge on any atom is 0.306 e. The normalized spacial score (nSPS) is 13.4. The Bertz CT molecular complexity index is 1890. The molecule has 0 amide bonds. The number of esters is 2. The summed E-state index contributed by atoms with van der Waals surface area (Å²) < 4.78 is 10.7. The van der Waals surface area contributed by atoms with Crippen LogP contribution in [0.2, 0.25) is 0 Å². The van der Waals surface area contributed by atoms with Crippen molar-refractivity contribution in [3.8, 4) is 0 Å². The summed E-state index contributed by atoms with van der Waals surface area (Å²) in [5.74, 6) is -0.602. The lowest BCUT2D eigenvalue weighted by atomic mass is 10.0. The summed E-state index contributed by atoms with van der Waals surface area (Å²) in [7, 11) is 0. The fraction of sp³-hybridized carbons (Fsp3) is 0.595. The molecule has 5 heteroatoms. The van der Waals surface area contributed by atoms with Crippen molar-refractivity contribution in [3.63, 3.8) is 0 Å². The molecule has 0 aliphatic heterocycles. The zero-order valence-corrected chi connectivity index (χ0v) is 54.1. The molecule has 472 valence electrons.